The molecule has 10 nitrogen and oxygen atoms in total. The van der Waals surface area contributed by atoms with Crippen LogP contribution in [0, 0.1) is 0 Å². The monoisotopic (exact) mass is 863 g/mol. The first-order valence-corrected chi connectivity index (χ1v) is 24.7. The molecule has 0 aromatic rings. The van der Waals surface area contributed by atoms with Gasteiger partial charge in [-0.25, -0.2) is 0 Å². The second-order valence-corrected chi connectivity index (χ2v) is 16.9. The average molecular weight is 863 g/mol. The predicted molar refractivity (Wildman–Crippen MR) is 247 cm³/mol. The third-order valence-corrected chi connectivity index (χ3v) is 11.2. The van der Waals surface area contributed by atoms with Crippen LogP contribution < -0.4 is 0 Å². The summed E-state index contributed by atoms with van der Waals surface area (Å²) in [6.07, 6.45) is 42.5. The maximum Gasteiger partial charge on any atom is 0.306 e. The summed E-state index contributed by atoms with van der Waals surface area (Å²) in [5.74, 6) is -0.832. The van der Waals surface area contributed by atoms with E-state index in [0.717, 1.165) is 57.8 Å². The van der Waals surface area contributed by atoms with E-state index in [9.17, 15) is 30.0 Å². The standard InChI is InChI=1S/C51H90O10/c1-3-5-7-9-11-13-15-17-19-21-22-24-26-28-30-32-34-36-38-40-47(54)60-44(43-59-51-50(57)49(56)48(55)45(41-52)61-51)42-58-46(53)39-37-35-33-31-29-27-25-23-20-18-16-14-12-10-8-6-4-2/h12,14,17-20,25,27,44-45,48-52,55-57H,3-11,13,15-16,21-24,26,28-43H2,1-2H3/b14-12+,19-17+,20-18+,27-25+/t44-,45-,48+,49?,50?,51-/m1/s1. The highest BCUT2D eigenvalue weighted by atomic mass is 16.7. The Kier molecular flexibility index (Phi) is 38.7. The summed E-state index contributed by atoms with van der Waals surface area (Å²) in [7, 11) is 0. The summed E-state index contributed by atoms with van der Waals surface area (Å²) in [5, 5.41) is 40.2. The molecule has 4 N–H and O–H groups in total. The van der Waals surface area contributed by atoms with Crippen LogP contribution in [0.2, 0.25) is 0 Å². The molecule has 61 heavy (non-hydrogen) atoms. The maximum atomic E-state index is 12.8. The lowest BCUT2D eigenvalue weighted by Crippen LogP contribution is -2.59. The Morgan fingerprint density at radius 2 is 0.918 bits per heavy atom. The van der Waals surface area contributed by atoms with Gasteiger partial charge in [-0.2, -0.15) is 0 Å². The molecule has 10 heteroatoms. The zero-order valence-electron chi connectivity index (χ0n) is 38.7. The molecule has 1 aliphatic rings. The number of aliphatic hydroxyl groups excluding tert-OH is 4. The van der Waals surface area contributed by atoms with Crippen LogP contribution in [-0.4, -0.2) is 89.0 Å². The predicted octanol–water partition coefficient (Wildman–Crippen LogP) is 11.2. The minimum Gasteiger partial charge on any atom is -0.462 e. The molecule has 0 aromatic heterocycles. The number of hydrogen-bond donors (Lipinski definition) is 4. The quantitative estimate of drug-likeness (QED) is 0.0265. The summed E-state index contributed by atoms with van der Waals surface area (Å²) in [4.78, 5) is 25.4. The Morgan fingerprint density at radius 3 is 1.43 bits per heavy atom. The number of hydrogen-bond acceptors (Lipinski definition) is 10. The highest BCUT2D eigenvalue weighted by molar-refractivity contribution is 5.70. The van der Waals surface area contributed by atoms with E-state index in [1.165, 1.54) is 109 Å². The molecule has 1 fully saturated rings. The van der Waals surface area contributed by atoms with Gasteiger partial charge in [-0.3, -0.25) is 9.59 Å². The van der Waals surface area contributed by atoms with E-state index in [1.807, 2.05) is 0 Å². The fourth-order valence-corrected chi connectivity index (χ4v) is 7.25. The van der Waals surface area contributed by atoms with Gasteiger partial charge in [0.2, 0.25) is 0 Å². The Bertz CT molecular complexity index is 1130. The number of ether oxygens (including phenoxy) is 4. The summed E-state index contributed by atoms with van der Waals surface area (Å²) in [5.41, 5.74) is 0. The number of aliphatic hydroxyl groups is 4. The summed E-state index contributed by atoms with van der Waals surface area (Å²) in [6, 6.07) is 0. The van der Waals surface area contributed by atoms with Gasteiger partial charge in [0.15, 0.2) is 12.4 Å². The minimum absolute atomic E-state index is 0.222. The van der Waals surface area contributed by atoms with Crippen LogP contribution in [0.1, 0.15) is 206 Å². The molecule has 0 saturated carbocycles. The van der Waals surface area contributed by atoms with Gasteiger partial charge in [-0.05, 0) is 77.0 Å². The van der Waals surface area contributed by atoms with E-state index < -0.39 is 55.4 Å². The molecule has 1 rings (SSSR count). The minimum atomic E-state index is -1.60. The van der Waals surface area contributed by atoms with Crippen molar-refractivity contribution in [1.29, 1.82) is 0 Å². The van der Waals surface area contributed by atoms with Gasteiger partial charge >= 0.3 is 11.9 Å². The van der Waals surface area contributed by atoms with Gasteiger partial charge in [0.1, 0.15) is 31.0 Å². The van der Waals surface area contributed by atoms with E-state index in [1.54, 1.807) is 0 Å². The van der Waals surface area contributed by atoms with Crippen LogP contribution in [-0.2, 0) is 28.5 Å². The van der Waals surface area contributed by atoms with Gasteiger partial charge in [0, 0.05) is 12.8 Å². The van der Waals surface area contributed by atoms with E-state index >= 15 is 0 Å². The molecule has 0 bridgehead atoms. The number of esters is 2. The molecule has 0 radical (unpaired) electrons. The van der Waals surface area contributed by atoms with Crippen molar-refractivity contribution in [3.8, 4) is 0 Å². The van der Waals surface area contributed by atoms with Gasteiger partial charge < -0.3 is 39.4 Å². The first-order chi connectivity index (χ1) is 29.8. The maximum absolute atomic E-state index is 12.8. The fourth-order valence-electron chi connectivity index (χ4n) is 7.25. The SMILES string of the molecule is CCCCC/C=C/C/C=C/C/C=C/CCCCCCC(=O)OC[C@H](CO[C@@H]1O[C@H](CO)[C@H](O)C(O)C1O)OC(=O)CCCCCCCCCCC/C=C/CCCCCCCC. The molecular formula is C51H90O10. The second kappa shape index (κ2) is 41.7. The first-order valence-electron chi connectivity index (χ1n) is 24.7. The van der Waals surface area contributed by atoms with Crippen LogP contribution in [0.25, 0.3) is 0 Å². The van der Waals surface area contributed by atoms with Crippen molar-refractivity contribution < 1.29 is 49.0 Å². The zero-order valence-corrected chi connectivity index (χ0v) is 38.7. The van der Waals surface area contributed by atoms with Gasteiger partial charge in [0.25, 0.3) is 0 Å². The lowest BCUT2D eigenvalue weighted by molar-refractivity contribution is -0.305. The number of rotatable bonds is 41. The van der Waals surface area contributed by atoms with E-state index in [-0.39, 0.29) is 26.1 Å². The number of carbonyl (C=O) groups excluding carboxylic acids is 2. The van der Waals surface area contributed by atoms with Crippen LogP contribution in [0.5, 0.6) is 0 Å². The van der Waals surface area contributed by atoms with Gasteiger partial charge in [-0.15, -0.1) is 0 Å². The number of carbonyl (C=O) groups is 2. The summed E-state index contributed by atoms with van der Waals surface area (Å²) in [6.45, 7) is 3.38. The van der Waals surface area contributed by atoms with E-state index in [2.05, 4.69) is 62.5 Å². The fraction of sp³-hybridized carbons (Fsp3) is 0.804. The third-order valence-electron chi connectivity index (χ3n) is 11.2. The summed E-state index contributed by atoms with van der Waals surface area (Å²) >= 11 is 0. The Labute approximate surface area is 371 Å². The van der Waals surface area contributed by atoms with Gasteiger partial charge in [-0.1, -0.05) is 165 Å². The molecule has 1 saturated heterocycles. The molecule has 2 unspecified atom stereocenters. The van der Waals surface area contributed by atoms with E-state index in [0.29, 0.717) is 12.8 Å². The first kappa shape index (κ1) is 56.7. The van der Waals surface area contributed by atoms with Crippen LogP contribution in [0.4, 0.5) is 0 Å². The van der Waals surface area contributed by atoms with Crippen molar-refractivity contribution in [1.82, 2.24) is 0 Å². The van der Waals surface area contributed by atoms with Crippen LogP contribution in [0.15, 0.2) is 48.6 Å². The van der Waals surface area contributed by atoms with Crippen molar-refractivity contribution in [2.75, 3.05) is 19.8 Å². The molecule has 6 atom stereocenters. The smallest absolute Gasteiger partial charge is 0.306 e. The molecule has 0 aliphatic carbocycles. The highest BCUT2D eigenvalue weighted by Crippen LogP contribution is 2.23. The largest absolute Gasteiger partial charge is 0.462 e. The average Bonchev–Trinajstić information content (AvgIpc) is 3.26. The van der Waals surface area contributed by atoms with Crippen LogP contribution >= 0.6 is 0 Å². The lowest BCUT2D eigenvalue weighted by Gasteiger charge is -2.39. The lowest BCUT2D eigenvalue weighted by atomic mass is 9.99. The molecule has 0 aromatic carbocycles. The number of unbranched alkanes of at least 4 members (excludes halogenated alkanes) is 22. The topological polar surface area (TPSA) is 152 Å². The highest BCUT2D eigenvalue weighted by Gasteiger charge is 2.44. The normalized spacial score (nSPS) is 20.1. The third kappa shape index (κ3) is 32.9. The number of allylic oxidation sites excluding steroid dienone is 8. The van der Waals surface area contributed by atoms with Crippen LogP contribution in [0.3, 0.4) is 0 Å². The molecule has 0 amide bonds. The van der Waals surface area contributed by atoms with Crippen molar-refractivity contribution in [3.63, 3.8) is 0 Å². The summed E-state index contributed by atoms with van der Waals surface area (Å²) < 4.78 is 22.2. The van der Waals surface area contributed by atoms with E-state index in [4.69, 9.17) is 18.9 Å². The molecule has 0 spiro atoms. The van der Waals surface area contributed by atoms with Crippen molar-refractivity contribution >= 4 is 11.9 Å². The van der Waals surface area contributed by atoms with Gasteiger partial charge in [0.05, 0.1) is 13.2 Å². The van der Waals surface area contributed by atoms with Crippen molar-refractivity contribution in [3.05, 3.63) is 48.6 Å². The Balaban J connectivity index is 2.30. The molecule has 1 aliphatic heterocycles. The Morgan fingerprint density at radius 1 is 0.508 bits per heavy atom. The Hall–Kier alpha value is -2.34. The molecular weight excluding hydrogens is 773 g/mol. The second-order valence-electron chi connectivity index (χ2n) is 16.9. The van der Waals surface area contributed by atoms with Crippen molar-refractivity contribution in [2.24, 2.45) is 0 Å². The molecule has 1 heterocycles. The molecule has 354 valence electrons. The van der Waals surface area contributed by atoms with Crippen molar-refractivity contribution in [2.45, 2.75) is 243 Å². The zero-order chi connectivity index (χ0) is 44.4.